The number of rotatable bonds is 6. The second-order valence-electron chi connectivity index (χ2n) is 7.26. The number of allylic oxidation sites excluding steroid dienone is 1. The van der Waals surface area contributed by atoms with Gasteiger partial charge < -0.3 is 14.5 Å². The van der Waals surface area contributed by atoms with Crippen molar-refractivity contribution >= 4 is 22.6 Å². The lowest BCUT2D eigenvalue weighted by atomic mass is 10.1. The summed E-state index contributed by atoms with van der Waals surface area (Å²) in [6.07, 6.45) is 1.64. The Balaban J connectivity index is 1.75. The van der Waals surface area contributed by atoms with Gasteiger partial charge >= 0.3 is 0 Å². The molecular formula is C26H21N3O3. The van der Waals surface area contributed by atoms with E-state index >= 15 is 0 Å². The Labute approximate surface area is 185 Å². The fraction of sp³-hybridized carbons (Fsp3) is 0.115. The van der Waals surface area contributed by atoms with E-state index in [1.807, 2.05) is 37.3 Å². The summed E-state index contributed by atoms with van der Waals surface area (Å²) in [7, 11) is 1.57. The van der Waals surface area contributed by atoms with Crippen LogP contribution in [0.3, 0.4) is 0 Å². The number of ether oxygens (including phenoxy) is 2. The van der Waals surface area contributed by atoms with Gasteiger partial charge in [-0.3, -0.25) is 4.79 Å². The minimum Gasteiger partial charge on any atom is -0.493 e. The zero-order valence-corrected chi connectivity index (χ0v) is 17.8. The zero-order valence-electron chi connectivity index (χ0n) is 17.8. The Hall–Kier alpha value is -4.37. The van der Waals surface area contributed by atoms with Crippen LogP contribution in [-0.2, 0) is 6.61 Å². The fourth-order valence-electron chi connectivity index (χ4n) is 3.44. The summed E-state index contributed by atoms with van der Waals surface area (Å²) in [5.74, 6) is 1.25. The summed E-state index contributed by atoms with van der Waals surface area (Å²) >= 11 is 0. The molecule has 6 heteroatoms. The van der Waals surface area contributed by atoms with E-state index in [0.717, 1.165) is 11.1 Å². The average Bonchev–Trinajstić information content (AvgIpc) is 2.81. The molecule has 0 saturated carbocycles. The predicted octanol–water partition coefficient (Wildman–Crippen LogP) is 4.88. The van der Waals surface area contributed by atoms with Crippen molar-refractivity contribution in [2.45, 2.75) is 13.5 Å². The van der Waals surface area contributed by atoms with E-state index in [1.165, 1.54) is 0 Å². The van der Waals surface area contributed by atoms with E-state index in [9.17, 15) is 10.1 Å². The van der Waals surface area contributed by atoms with Crippen LogP contribution in [0.1, 0.15) is 22.5 Å². The molecule has 4 aromatic rings. The number of nitrogens with zero attached hydrogens (tertiary/aromatic N) is 2. The highest BCUT2D eigenvalue weighted by Gasteiger charge is 2.13. The SMILES string of the molecule is COc1cccc(/C=C(/C#N)c2nc3ccccc3c(=O)[nH]2)c1OCc1cccc(C)c1. The maximum absolute atomic E-state index is 12.4. The Morgan fingerprint density at radius 3 is 2.72 bits per heavy atom. The van der Waals surface area contributed by atoms with Gasteiger partial charge in [0.2, 0.25) is 0 Å². The Morgan fingerprint density at radius 2 is 1.94 bits per heavy atom. The van der Waals surface area contributed by atoms with Crippen LogP contribution in [0.4, 0.5) is 0 Å². The van der Waals surface area contributed by atoms with Crippen molar-refractivity contribution < 1.29 is 9.47 Å². The molecule has 0 atom stereocenters. The maximum atomic E-state index is 12.4. The summed E-state index contributed by atoms with van der Waals surface area (Å²) in [6.45, 7) is 2.37. The summed E-state index contributed by atoms with van der Waals surface area (Å²) in [5.41, 5.74) is 3.24. The van der Waals surface area contributed by atoms with Crippen LogP contribution in [0.25, 0.3) is 22.6 Å². The lowest BCUT2D eigenvalue weighted by Crippen LogP contribution is -2.11. The number of para-hydroxylation sites is 2. The van der Waals surface area contributed by atoms with Gasteiger partial charge in [-0.05, 0) is 36.8 Å². The van der Waals surface area contributed by atoms with Gasteiger partial charge in [0, 0.05) is 5.56 Å². The topological polar surface area (TPSA) is 88.0 Å². The Bertz CT molecular complexity index is 1410. The molecule has 0 aliphatic carbocycles. The summed E-state index contributed by atoms with van der Waals surface area (Å²) < 4.78 is 11.6. The molecule has 1 heterocycles. The first-order chi connectivity index (χ1) is 15.6. The van der Waals surface area contributed by atoms with Crippen LogP contribution < -0.4 is 15.0 Å². The van der Waals surface area contributed by atoms with Gasteiger partial charge in [0.25, 0.3) is 5.56 Å². The lowest BCUT2D eigenvalue weighted by molar-refractivity contribution is 0.284. The number of methoxy groups -OCH3 is 1. The lowest BCUT2D eigenvalue weighted by Gasteiger charge is -2.14. The van der Waals surface area contributed by atoms with Crippen molar-refractivity contribution in [2.75, 3.05) is 7.11 Å². The fourth-order valence-corrected chi connectivity index (χ4v) is 3.44. The first kappa shape index (κ1) is 20.9. The normalized spacial score (nSPS) is 11.2. The van der Waals surface area contributed by atoms with Gasteiger partial charge in [-0.1, -0.05) is 54.1 Å². The molecule has 0 aliphatic heterocycles. The molecule has 0 spiro atoms. The molecule has 0 fully saturated rings. The Morgan fingerprint density at radius 1 is 1.12 bits per heavy atom. The number of H-pyrrole nitrogens is 1. The van der Waals surface area contributed by atoms with Gasteiger partial charge in [0.15, 0.2) is 17.3 Å². The van der Waals surface area contributed by atoms with Gasteiger partial charge in [-0.15, -0.1) is 0 Å². The minimum absolute atomic E-state index is 0.198. The number of hydrogen-bond acceptors (Lipinski definition) is 5. The first-order valence-corrected chi connectivity index (χ1v) is 10.1. The molecule has 32 heavy (non-hydrogen) atoms. The second kappa shape index (κ2) is 9.19. The number of benzene rings is 3. The molecule has 0 unspecified atom stereocenters. The Kier molecular flexibility index (Phi) is 6.00. The monoisotopic (exact) mass is 423 g/mol. The molecule has 0 amide bonds. The smallest absolute Gasteiger partial charge is 0.259 e. The summed E-state index contributed by atoms with van der Waals surface area (Å²) in [6, 6.07) is 22.6. The zero-order chi connectivity index (χ0) is 22.5. The molecule has 1 N–H and O–H groups in total. The van der Waals surface area contributed by atoms with E-state index in [-0.39, 0.29) is 17.0 Å². The highest BCUT2D eigenvalue weighted by atomic mass is 16.5. The number of aromatic nitrogens is 2. The van der Waals surface area contributed by atoms with Crippen molar-refractivity contribution in [1.29, 1.82) is 5.26 Å². The third-order valence-corrected chi connectivity index (χ3v) is 4.98. The number of nitriles is 1. The van der Waals surface area contributed by atoms with E-state index < -0.39 is 0 Å². The second-order valence-corrected chi connectivity index (χ2v) is 7.26. The largest absolute Gasteiger partial charge is 0.493 e. The molecule has 158 valence electrons. The molecule has 6 nitrogen and oxygen atoms in total. The van der Waals surface area contributed by atoms with Gasteiger partial charge in [0.1, 0.15) is 12.7 Å². The highest BCUT2D eigenvalue weighted by molar-refractivity contribution is 5.90. The minimum atomic E-state index is -0.298. The highest BCUT2D eigenvalue weighted by Crippen LogP contribution is 2.34. The van der Waals surface area contributed by atoms with Crippen LogP contribution in [0, 0.1) is 18.3 Å². The molecule has 0 bridgehead atoms. The van der Waals surface area contributed by atoms with Crippen molar-refractivity contribution in [2.24, 2.45) is 0 Å². The molecule has 4 rings (SSSR count). The third kappa shape index (κ3) is 4.37. The van der Waals surface area contributed by atoms with E-state index in [2.05, 4.69) is 22.1 Å². The number of aryl methyl sites for hydroxylation is 1. The van der Waals surface area contributed by atoms with Crippen LogP contribution in [0.15, 0.2) is 71.5 Å². The summed E-state index contributed by atoms with van der Waals surface area (Å²) in [5, 5.41) is 10.3. The molecule has 0 saturated heterocycles. The molecule has 3 aromatic carbocycles. The molecule has 0 radical (unpaired) electrons. The molecular weight excluding hydrogens is 402 g/mol. The van der Waals surface area contributed by atoms with Crippen molar-refractivity contribution in [3.8, 4) is 17.6 Å². The van der Waals surface area contributed by atoms with E-state index in [4.69, 9.17) is 9.47 Å². The number of nitrogens with one attached hydrogen (secondary N) is 1. The number of aromatic amines is 1. The van der Waals surface area contributed by atoms with Crippen LogP contribution in [-0.4, -0.2) is 17.1 Å². The average molecular weight is 423 g/mol. The van der Waals surface area contributed by atoms with Gasteiger partial charge in [0.05, 0.1) is 23.6 Å². The van der Waals surface area contributed by atoms with Crippen LogP contribution in [0.2, 0.25) is 0 Å². The van der Waals surface area contributed by atoms with Crippen LogP contribution in [0.5, 0.6) is 11.5 Å². The van der Waals surface area contributed by atoms with Crippen molar-refractivity contribution in [3.05, 3.63) is 99.6 Å². The van der Waals surface area contributed by atoms with Crippen molar-refractivity contribution in [3.63, 3.8) is 0 Å². The maximum Gasteiger partial charge on any atom is 0.259 e. The predicted molar refractivity (Wildman–Crippen MR) is 124 cm³/mol. The summed E-state index contributed by atoms with van der Waals surface area (Å²) in [4.78, 5) is 19.6. The standard InChI is InChI=1S/C26H21N3O3/c1-17-7-5-8-18(13-17)16-32-24-19(9-6-12-23(24)31-2)14-20(15-27)25-28-22-11-4-3-10-21(22)26(30)29-25/h3-14H,16H2,1-2H3,(H,28,29,30)/b20-14-. The quantitative estimate of drug-likeness (QED) is 0.447. The molecule has 0 aliphatic rings. The molecule has 1 aromatic heterocycles. The van der Waals surface area contributed by atoms with Crippen molar-refractivity contribution in [1.82, 2.24) is 9.97 Å². The van der Waals surface area contributed by atoms with E-state index in [0.29, 0.717) is 34.6 Å². The number of hydrogen-bond donors (Lipinski definition) is 1. The van der Waals surface area contributed by atoms with Gasteiger partial charge in [-0.2, -0.15) is 5.26 Å². The third-order valence-electron chi connectivity index (χ3n) is 4.98. The van der Waals surface area contributed by atoms with Crippen LogP contribution >= 0.6 is 0 Å². The first-order valence-electron chi connectivity index (χ1n) is 10.1. The van der Waals surface area contributed by atoms with E-state index in [1.54, 1.807) is 43.5 Å². The number of fused-ring (bicyclic) bond motifs is 1. The van der Waals surface area contributed by atoms with Gasteiger partial charge in [-0.25, -0.2) is 4.98 Å².